The van der Waals surface area contributed by atoms with Gasteiger partial charge in [0, 0.05) is 23.3 Å². The first-order valence-electron chi connectivity index (χ1n) is 11.1. The maximum Gasteiger partial charge on any atom is 0.416 e. The van der Waals surface area contributed by atoms with Crippen molar-refractivity contribution in [1.82, 2.24) is 4.98 Å². The molecule has 1 amide bonds. The number of nitrogens with zero attached hydrogens (tertiary/aromatic N) is 2. The van der Waals surface area contributed by atoms with E-state index in [4.69, 9.17) is 14.2 Å². The number of aromatic nitrogens is 1. The molecule has 0 fully saturated rings. The largest absolute Gasteiger partial charge is 0.493 e. The van der Waals surface area contributed by atoms with Gasteiger partial charge in [-0.05, 0) is 61.0 Å². The van der Waals surface area contributed by atoms with Crippen molar-refractivity contribution < 1.29 is 37.3 Å². The summed E-state index contributed by atoms with van der Waals surface area (Å²) in [6, 6.07) is 15.1. The van der Waals surface area contributed by atoms with Crippen LogP contribution in [0.4, 0.5) is 23.7 Å². The number of alkyl halides is 3. The molecule has 4 aromatic rings. The molecule has 1 atom stereocenters. The number of anilines is 1. The number of carbonyl (C=O) groups is 1. The molecule has 0 aliphatic carbocycles. The number of fused-ring (bicyclic) bond motifs is 1. The fourth-order valence-electron chi connectivity index (χ4n) is 3.96. The molecule has 1 heterocycles. The first-order valence-corrected chi connectivity index (χ1v) is 11.1. The third-order valence-electron chi connectivity index (χ3n) is 5.84. The SMILES string of the molecule is COc1cc2nccc(Oc3ccc(N(C(=O)O)C(C)c4cccc(C(F)(F)F)c4)cc3)c2cc1OC. The minimum Gasteiger partial charge on any atom is -0.493 e. The molecule has 0 radical (unpaired) electrons. The Kier molecular flexibility index (Phi) is 7.10. The predicted molar refractivity (Wildman–Crippen MR) is 132 cm³/mol. The van der Waals surface area contributed by atoms with E-state index in [1.54, 1.807) is 36.5 Å². The standard InChI is InChI=1S/C27H23F3N2O5/c1-16(17-5-4-6-18(13-17)27(28,29)30)32(26(33)34)19-7-9-20(10-8-19)37-23-11-12-31-22-15-25(36-3)24(35-2)14-21(22)23/h4-16H,1-3H3,(H,33,34). The maximum atomic E-state index is 13.2. The predicted octanol–water partition coefficient (Wildman–Crippen LogP) is 7.31. The van der Waals surface area contributed by atoms with Crippen molar-refractivity contribution in [2.45, 2.75) is 19.1 Å². The van der Waals surface area contributed by atoms with Gasteiger partial charge in [-0.2, -0.15) is 13.2 Å². The Bertz CT molecular complexity index is 1420. The Morgan fingerprint density at radius 3 is 2.24 bits per heavy atom. The Labute approximate surface area is 210 Å². The molecule has 4 rings (SSSR count). The lowest BCUT2D eigenvalue weighted by Crippen LogP contribution is -2.32. The molecular weight excluding hydrogens is 489 g/mol. The van der Waals surface area contributed by atoms with Gasteiger partial charge in [0.1, 0.15) is 11.5 Å². The van der Waals surface area contributed by atoms with Crippen molar-refractivity contribution >= 4 is 22.7 Å². The highest BCUT2D eigenvalue weighted by Gasteiger charge is 2.32. The Balaban J connectivity index is 1.62. The van der Waals surface area contributed by atoms with Gasteiger partial charge in [0.2, 0.25) is 0 Å². The molecule has 0 saturated carbocycles. The molecule has 1 N–H and O–H groups in total. The van der Waals surface area contributed by atoms with Crippen LogP contribution in [0.15, 0.2) is 72.9 Å². The second-order valence-corrected chi connectivity index (χ2v) is 8.08. The number of hydrogen-bond acceptors (Lipinski definition) is 5. The number of benzene rings is 3. The number of hydrogen-bond donors (Lipinski definition) is 1. The monoisotopic (exact) mass is 512 g/mol. The summed E-state index contributed by atoms with van der Waals surface area (Å²) in [6.07, 6.45) is -4.25. The van der Waals surface area contributed by atoms with E-state index in [0.717, 1.165) is 17.0 Å². The lowest BCUT2D eigenvalue weighted by Gasteiger charge is -2.27. The second-order valence-electron chi connectivity index (χ2n) is 8.08. The van der Waals surface area contributed by atoms with Crippen LogP contribution in [-0.4, -0.2) is 30.4 Å². The van der Waals surface area contributed by atoms with Crippen LogP contribution >= 0.6 is 0 Å². The highest BCUT2D eigenvalue weighted by molar-refractivity contribution is 5.89. The minimum atomic E-state index is -4.53. The molecule has 7 nitrogen and oxygen atoms in total. The van der Waals surface area contributed by atoms with Gasteiger partial charge >= 0.3 is 12.3 Å². The van der Waals surface area contributed by atoms with Crippen LogP contribution in [-0.2, 0) is 6.18 Å². The summed E-state index contributed by atoms with van der Waals surface area (Å²) in [5.74, 6) is 1.94. The molecule has 1 aromatic heterocycles. The molecule has 10 heteroatoms. The highest BCUT2D eigenvalue weighted by atomic mass is 19.4. The van der Waals surface area contributed by atoms with Crippen LogP contribution < -0.4 is 19.1 Å². The van der Waals surface area contributed by atoms with E-state index in [2.05, 4.69) is 4.98 Å². The Morgan fingerprint density at radius 1 is 0.946 bits per heavy atom. The Morgan fingerprint density at radius 2 is 1.62 bits per heavy atom. The highest BCUT2D eigenvalue weighted by Crippen LogP contribution is 2.38. The van der Waals surface area contributed by atoms with Gasteiger partial charge in [0.05, 0.1) is 31.3 Å². The zero-order valence-corrected chi connectivity index (χ0v) is 20.1. The number of methoxy groups -OCH3 is 2. The van der Waals surface area contributed by atoms with Gasteiger partial charge in [-0.3, -0.25) is 9.88 Å². The van der Waals surface area contributed by atoms with Crippen molar-refractivity contribution in [3.8, 4) is 23.0 Å². The fraction of sp³-hybridized carbons (Fsp3) is 0.185. The molecule has 0 spiro atoms. The van der Waals surface area contributed by atoms with Gasteiger partial charge in [-0.25, -0.2) is 4.79 Å². The third kappa shape index (κ3) is 5.37. The molecule has 1 unspecified atom stereocenters. The molecule has 192 valence electrons. The lowest BCUT2D eigenvalue weighted by molar-refractivity contribution is -0.137. The van der Waals surface area contributed by atoms with E-state index in [1.807, 2.05) is 0 Å². The topological polar surface area (TPSA) is 81.1 Å². The molecule has 0 bridgehead atoms. The van der Waals surface area contributed by atoms with Crippen LogP contribution in [0.2, 0.25) is 0 Å². The smallest absolute Gasteiger partial charge is 0.416 e. The Hall–Kier alpha value is -4.47. The first-order chi connectivity index (χ1) is 17.6. The van der Waals surface area contributed by atoms with Gasteiger partial charge in [-0.15, -0.1) is 0 Å². The van der Waals surface area contributed by atoms with Crippen LogP contribution in [0, 0.1) is 0 Å². The summed E-state index contributed by atoms with van der Waals surface area (Å²) in [5.41, 5.74) is 0.268. The fourth-order valence-corrected chi connectivity index (χ4v) is 3.96. The quantitative estimate of drug-likeness (QED) is 0.280. The summed E-state index contributed by atoms with van der Waals surface area (Å²) in [4.78, 5) is 17.4. The first kappa shape index (κ1) is 25.6. The summed E-state index contributed by atoms with van der Waals surface area (Å²) < 4.78 is 56.2. The lowest BCUT2D eigenvalue weighted by atomic mass is 10.0. The number of ether oxygens (including phenoxy) is 3. The summed E-state index contributed by atoms with van der Waals surface area (Å²) in [5, 5.41) is 10.5. The van der Waals surface area contributed by atoms with E-state index in [-0.39, 0.29) is 11.3 Å². The van der Waals surface area contributed by atoms with E-state index in [0.29, 0.717) is 33.9 Å². The maximum absolute atomic E-state index is 13.2. The third-order valence-corrected chi connectivity index (χ3v) is 5.84. The molecule has 37 heavy (non-hydrogen) atoms. The number of carboxylic acid groups (broad SMARTS) is 1. The minimum absolute atomic E-state index is 0.213. The van der Waals surface area contributed by atoms with Crippen molar-refractivity contribution in [3.05, 3.63) is 84.1 Å². The molecule has 0 saturated heterocycles. The zero-order valence-electron chi connectivity index (χ0n) is 20.1. The van der Waals surface area contributed by atoms with E-state index in [1.165, 1.54) is 45.4 Å². The van der Waals surface area contributed by atoms with Crippen molar-refractivity contribution in [2.75, 3.05) is 19.1 Å². The summed E-state index contributed by atoms with van der Waals surface area (Å²) in [7, 11) is 3.05. The average molecular weight is 512 g/mol. The van der Waals surface area contributed by atoms with Gasteiger partial charge in [0.15, 0.2) is 11.5 Å². The normalized spacial score (nSPS) is 12.2. The molecule has 0 aliphatic heterocycles. The van der Waals surface area contributed by atoms with Crippen molar-refractivity contribution in [2.24, 2.45) is 0 Å². The van der Waals surface area contributed by atoms with E-state index in [9.17, 15) is 23.1 Å². The summed E-state index contributed by atoms with van der Waals surface area (Å²) in [6.45, 7) is 1.53. The number of halogens is 3. The van der Waals surface area contributed by atoms with Gasteiger partial charge in [-0.1, -0.05) is 12.1 Å². The van der Waals surface area contributed by atoms with Crippen LogP contribution in [0.3, 0.4) is 0 Å². The van der Waals surface area contributed by atoms with Crippen molar-refractivity contribution in [1.29, 1.82) is 0 Å². The molecule has 3 aromatic carbocycles. The van der Waals surface area contributed by atoms with Crippen LogP contribution in [0.25, 0.3) is 10.9 Å². The average Bonchev–Trinajstić information content (AvgIpc) is 2.88. The van der Waals surface area contributed by atoms with Gasteiger partial charge < -0.3 is 19.3 Å². The molecular formula is C27H23F3N2O5. The number of rotatable bonds is 7. The van der Waals surface area contributed by atoms with Crippen LogP contribution in [0.1, 0.15) is 24.1 Å². The summed E-state index contributed by atoms with van der Waals surface area (Å²) >= 11 is 0. The van der Waals surface area contributed by atoms with Gasteiger partial charge in [0.25, 0.3) is 0 Å². The second kappa shape index (κ2) is 10.3. The van der Waals surface area contributed by atoms with E-state index >= 15 is 0 Å². The zero-order chi connectivity index (χ0) is 26.7. The molecule has 0 aliphatic rings. The van der Waals surface area contributed by atoms with Crippen molar-refractivity contribution in [3.63, 3.8) is 0 Å². The van der Waals surface area contributed by atoms with E-state index < -0.39 is 23.9 Å². The number of pyridine rings is 1. The number of amides is 1. The van der Waals surface area contributed by atoms with Crippen LogP contribution in [0.5, 0.6) is 23.0 Å².